The fourth-order valence-corrected chi connectivity index (χ4v) is 4.75. The maximum absolute atomic E-state index is 10.6. The van der Waals surface area contributed by atoms with Crippen molar-refractivity contribution in [3.63, 3.8) is 0 Å². The fraction of sp³-hybridized carbons (Fsp3) is 0.375. The molecule has 2 aromatic heterocycles. The van der Waals surface area contributed by atoms with Crippen molar-refractivity contribution in [3.05, 3.63) is 54.4 Å². The van der Waals surface area contributed by atoms with E-state index in [9.17, 15) is 5.11 Å². The predicted molar refractivity (Wildman–Crippen MR) is 118 cm³/mol. The van der Waals surface area contributed by atoms with Gasteiger partial charge >= 0.3 is 0 Å². The Morgan fingerprint density at radius 3 is 2.37 bits per heavy atom. The van der Waals surface area contributed by atoms with Crippen LogP contribution in [0.25, 0.3) is 22.4 Å². The van der Waals surface area contributed by atoms with Crippen molar-refractivity contribution in [2.24, 2.45) is 0 Å². The highest BCUT2D eigenvalue weighted by Gasteiger charge is 2.35. The van der Waals surface area contributed by atoms with Crippen LogP contribution in [0, 0.1) is 6.92 Å². The molecule has 4 heterocycles. The number of aromatic nitrogens is 3. The number of hydrogen-bond donors (Lipinski definition) is 2. The van der Waals surface area contributed by atoms with Crippen molar-refractivity contribution in [3.8, 4) is 28.1 Å². The Morgan fingerprint density at radius 1 is 0.967 bits per heavy atom. The highest BCUT2D eigenvalue weighted by molar-refractivity contribution is 5.74. The van der Waals surface area contributed by atoms with Crippen LogP contribution < -0.4 is 10.2 Å². The van der Waals surface area contributed by atoms with Gasteiger partial charge in [0.25, 0.3) is 0 Å². The van der Waals surface area contributed by atoms with Gasteiger partial charge in [-0.15, -0.1) is 10.2 Å². The number of fused-ring (bicyclic) bond motifs is 2. The largest absolute Gasteiger partial charge is 0.507 e. The molecule has 2 aliphatic heterocycles. The Hall–Kier alpha value is -2.99. The SMILES string of the molecule is Cc1ccc(-c2ccc(-c3ccc(N(C)C4CC5CC[C@H](C4)N5)nn3)c(O)c2)cn1. The molecule has 2 N–H and O–H groups in total. The van der Waals surface area contributed by atoms with E-state index in [0.717, 1.165) is 35.5 Å². The molecule has 2 unspecified atom stereocenters. The smallest absolute Gasteiger partial charge is 0.151 e. The molecule has 6 heteroatoms. The number of aromatic hydroxyl groups is 1. The van der Waals surface area contributed by atoms with Crippen LogP contribution in [-0.4, -0.2) is 45.5 Å². The molecule has 0 spiro atoms. The molecule has 0 amide bonds. The minimum absolute atomic E-state index is 0.193. The van der Waals surface area contributed by atoms with Crippen LogP contribution >= 0.6 is 0 Å². The third kappa shape index (κ3) is 3.63. The maximum Gasteiger partial charge on any atom is 0.151 e. The molecule has 0 radical (unpaired) electrons. The molecular weight excluding hydrogens is 374 g/mol. The average Bonchev–Trinajstić information content (AvgIpc) is 3.11. The average molecular weight is 402 g/mol. The monoisotopic (exact) mass is 401 g/mol. The minimum Gasteiger partial charge on any atom is -0.507 e. The molecule has 2 bridgehead atoms. The van der Waals surface area contributed by atoms with Gasteiger partial charge in [-0.25, -0.2) is 0 Å². The first-order valence-electron chi connectivity index (χ1n) is 10.7. The van der Waals surface area contributed by atoms with Crippen LogP contribution in [0.3, 0.4) is 0 Å². The molecule has 6 nitrogen and oxygen atoms in total. The Balaban J connectivity index is 1.34. The second-order valence-corrected chi connectivity index (χ2v) is 8.57. The van der Waals surface area contributed by atoms with Crippen LogP contribution in [0.4, 0.5) is 5.82 Å². The van der Waals surface area contributed by atoms with Crippen molar-refractivity contribution in [2.75, 3.05) is 11.9 Å². The molecule has 0 saturated carbocycles. The lowest BCUT2D eigenvalue weighted by Gasteiger charge is -2.36. The third-order valence-corrected chi connectivity index (χ3v) is 6.53. The van der Waals surface area contributed by atoms with Crippen LogP contribution in [0.2, 0.25) is 0 Å². The number of piperidine rings is 1. The van der Waals surface area contributed by atoms with Gasteiger partial charge in [-0.3, -0.25) is 4.98 Å². The number of anilines is 1. The lowest BCUT2D eigenvalue weighted by atomic mass is 9.98. The minimum atomic E-state index is 0.193. The highest BCUT2D eigenvalue weighted by atomic mass is 16.3. The van der Waals surface area contributed by atoms with Gasteiger partial charge in [-0.1, -0.05) is 12.1 Å². The van der Waals surface area contributed by atoms with Crippen LogP contribution in [0.15, 0.2) is 48.7 Å². The predicted octanol–water partition coefficient (Wildman–Crippen LogP) is 3.94. The molecule has 5 rings (SSSR count). The summed E-state index contributed by atoms with van der Waals surface area (Å²) in [6.45, 7) is 1.96. The van der Waals surface area contributed by atoms with Crippen LogP contribution in [0.5, 0.6) is 5.75 Å². The molecule has 30 heavy (non-hydrogen) atoms. The van der Waals surface area contributed by atoms with Crippen molar-refractivity contribution in [1.82, 2.24) is 20.5 Å². The summed E-state index contributed by atoms with van der Waals surface area (Å²) in [5, 5.41) is 23.2. The number of hydrogen-bond acceptors (Lipinski definition) is 6. The zero-order valence-electron chi connectivity index (χ0n) is 17.4. The van der Waals surface area contributed by atoms with E-state index < -0.39 is 0 Å². The Bertz CT molecular complexity index is 1020. The summed E-state index contributed by atoms with van der Waals surface area (Å²) in [5.74, 6) is 1.07. The number of aryl methyl sites for hydroxylation is 1. The highest BCUT2D eigenvalue weighted by Crippen LogP contribution is 2.34. The summed E-state index contributed by atoms with van der Waals surface area (Å²) in [4.78, 5) is 6.59. The van der Waals surface area contributed by atoms with E-state index in [0.29, 0.717) is 29.4 Å². The van der Waals surface area contributed by atoms with E-state index in [2.05, 4.69) is 32.4 Å². The summed E-state index contributed by atoms with van der Waals surface area (Å²) in [5.41, 5.74) is 4.22. The Labute approximate surface area is 177 Å². The summed E-state index contributed by atoms with van der Waals surface area (Å²) in [6, 6.07) is 15.3. The van der Waals surface area contributed by atoms with Crippen LogP contribution in [0.1, 0.15) is 31.4 Å². The first-order valence-corrected chi connectivity index (χ1v) is 10.7. The van der Waals surface area contributed by atoms with E-state index in [1.807, 2.05) is 49.5 Å². The van der Waals surface area contributed by atoms with E-state index in [4.69, 9.17) is 0 Å². The molecule has 3 aromatic rings. The quantitative estimate of drug-likeness (QED) is 0.690. The van der Waals surface area contributed by atoms with Gasteiger partial charge in [0.15, 0.2) is 5.82 Å². The lowest BCUT2D eigenvalue weighted by Crippen LogP contribution is -2.47. The van der Waals surface area contributed by atoms with Gasteiger partial charge in [0.05, 0.1) is 5.69 Å². The lowest BCUT2D eigenvalue weighted by molar-refractivity contribution is 0.353. The number of nitrogens with zero attached hydrogens (tertiary/aromatic N) is 4. The van der Waals surface area contributed by atoms with Gasteiger partial charge in [0, 0.05) is 48.2 Å². The van der Waals surface area contributed by atoms with E-state index in [-0.39, 0.29) is 5.75 Å². The first kappa shape index (κ1) is 19.0. The Kier molecular flexibility index (Phi) is 4.87. The summed E-state index contributed by atoms with van der Waals surface area (Å²) in [6.07, 6.45) is 6.71. The van der Waals surface area contributed by atoms with Crippen LogP contribution in [-0.2, 0) is 0 Å². The molecule has 2 aliphatic rings. The topological polar surface area (TPSA) is 74.2 Å². The number of rotatable bonds is 4. The summed E-state index contributed by atoms with van der Waals surface area (Å²) >= 11 is 0. The first-order chi connectivity index (χ1) is 14.6. The molecule has 3 atom stereocenters. The van der Waals surface area contributed by atoms with Gasteiger partial charge in [-0.05, 0) is 68.5 Å². The zero-order valence-corrected chi connectivity index (χ0v) is 17.4. The standard InChI is InChI=1S/C24H27N5O/c1-15-3-4-17(14-25-15)16-5-8-21(23(30)11-16)22-9-10-24(28-27-22)29(2)20-12-18-6-7-19(13-20)26-18/h3-5,8-11,14,18-20,26,30H,6-7,12-13H2,1-2H3/t18-,19?,20?/m1/s1. The van der Waals surface area contributed by atoms with Crippen molar-refractivity contribution < 1.29 is 5.11 Å². The molecular formula is C24H27N5O. The summed E-state index contributed by atoms with van der Waals surface area (Å²) < 4.78 is 0. The van der Waals surface area contributed by atoms with E-state index in [1.54, 1.807) is 6.07 Å². The fourth-order valence-electron chi connectivity index (χ4n) is 4.75. The molecule has 2 saturated heterocycles. The number of pyridine rings is 1. The van der Waals surface area contributed by atoms with Crippen molar-refractivity contribution in [2.45, 2.75) is 50.7 Å². The van der Waals surface area contributed by atoms with Gasteiger partial charge in [0.2, 0.25) is 0 Å². The third-order valence-electron chi connectivity index (χ3n) is 6.53. The van der Waals surface area contributed by atoms with Gasteiger partial charge in [-0.2, -0.15) is 0 Å². The normalized spacial score (nSPS) is 22.8. The molecule has 1 aromatic carbocycles. The van der Waals surface area contributed by atoms with Crippen molar-refractivity contribution >= 4 is 5.82 Å². The Morgan fingerprint density at radius 2 is 1.73 bits per heavy atom. The number of phenols is 1. The van der Waals surface area contributed by atoms with E-state index in [1.165, 1.54) is 12.8 Å². The second kappa shape index (κ2) is 7.69. The number of benzene rings is 1. The second-order valence-electron chi connectivity index (χ2n) is 8.57. The molecule has 154 valence electrons. The van der Waals surface area contributed by atoms with Gasteiger partial charge < -0.3 is 15.3 Å². The number of phenolic OH excluding ortho intramolecular Hbond substituents is 1. The molecule has 0 aliphatic carbocycles. The molecule has 2 fully saturated rings. The van der Waals surface area contributed by atoms with Gasteiger partial charge in [0.1, 0.15) is 5.75 Å². The summed E-state index contributed by atoms with van der Waals surface area (Å²) in [7, 11) is 2.11. The maximum atomic E-state index is 10.6. The zero-order chi connectivity index (χ0) is 20.7. The van der Waals surface area contributed by atoms with Crippen molar-refractivity contribution in [1.29, 1.82) is 0 Å². The number of nitrogens with one attached hydrogen (secondary N) is 1. The van der Waals surface area contributed by atoms with E-state index >= 15 is 0 Å².